The van der Waals surface area contributed by atoms with Crippen molar-refractivity contribution in [1.82, 2.24) is 15.1 Å². The van der Waals surface area contributed by atoms with Crippen LogP contribution in [0.2, 0.25) is 0 Å². The Morgan fingerprint density at radius 2 is 1.96 bits per heavy atom. The minimum atomic E-state index is -0.878. The van der Waals surface area contributed by atoms with Crippen LogP contribution in [-0.4, -0.2) is 72.0 Å². The van der Waals surface area contributed by atoms with Gasteiger partial charge in [-0.1, -0.05) is 6.92 Å². The van der Waals surface area contributed by atoms with Crippen LogP contribution in [0.1, 0.15) is 46.5 Å². The molecule has 0 aromatic heterocycles. The Labute approximate surface area is 154 Å². The van der Waals surface area contributed by atoms with Crippen molar-refractivity contribution in [2.75, 3.05) is 32.7 Å². The molecule has 0 aromatic carbocycles. The monoisotopic (exact) mass is 363 g/mol. The van der Waals surface area contributed by atoms with Gasteiger partial charge in [-0.05, 0) is 32.9 Å². The van der Waals surface area contributed by atoms with E-state index in [1.54, 1.807) is 11.8 Å². The number of hydrogen-bond donors (Lipinski definition) is 1. The molecule has 0 radical (unpaired) electrons. The van der Waals surface area contributed by atoms with E-state index in [2.05, 4.69) is 17.1 Å². The van der Waals surface area contributed by atoms with Crippen LogP contribution in [0.25, 0.3) is 0 Å². The summed E-state index contributed by atoms with van der Waals surface area (Å²) in [6, 6.07) is 0.360. The van der Waals surface area contributed by atoms with Crippen LogP contribution in [0.4, 0.5) is 0 Å². The number of piperidine rings is 1. The van der Waals surface area contributed by atoms with Gasteiger partial charge in [-0.3, -0.25) is 14.5 Å². The summed E-state index contributed by atoms with van der Waals surface area (Å²) in [5, 5.41) is 3.04. The van der Waals surface area contributed by atoms with Crippen molar-refractivity contribution in [3.05, 3.63) is 11.1 Å². The van der Waals surface area contributed by atoms with E-state index in [-0.39, 0.29) is 11.8 Å². The van der Waals surface area contributed by atoms with Crippen molar-refractivity contribution in [2.45, 2.75) is 58.1 Å². The zero-order valence-corrected chi connectivity index (χ0v) is 16.0. The average molecular weight is 363 g/mol. The molecule has 0 aliphatic carbocycles. The number of rotatable bonds is 4. The Kier molecular flexibility index (Phi) is 5.37. The fourth-order valence-electron chi connectivity index (χ4n) is 4.50. The van der Waals surface area contributed by atoms with Crippen molar-refractivity contribution in [3.8, 4) is 0 Å². The van der Waals surface area contributed by atoms with Gasteiger partial charge in [0.2, 0.25) is 5.91 Å². The number of ether oxygens (including phenoxy) is 1. The Bertz CT molecular complexity index is 635. The number of nitrogens with zero attached hydrogens (tertiary/aromatic N) is 2. The lowest BCUT2D eigenvalue weighted by atomic mass is 9.82. The maximum Gasteiger partial charge on any atom is 0.335 e. The van der Waals surface area contributed by atoms with Crippen LogP contribution in [0.15, 0.2) is 11.1 Å². The lowest BCUT2D eigenvalue weighted by molar-refractivity contribution is -0.152. The van der Waals surface area contributed by atoms with E-state index in [1.807, 2.05) is 0 Å². The maximum atomic E-state index is 12.9. The first kappa shape index (κ1) is 18.9. The third kappa shape index (κ3) is 3.37. The number of carbonyl (C=O) groups is 3. The summed E-state index contributed by atoms with van der Waals surface area (Å²) in [7, 11) is 0. The number of esters is 1. The SMILES string of the molecule is CCN1CCC[C@H]1CNC(=O)C1=C(C)C(=O)OC12CCN(C(C)=O)CC2. The number of nitrogens with one attached hydrogen (secondary N) is 1. The minimum Gasteiger partial charge on any atom is -0.450 e. The Morgan fingerprint density at radius 3 is 2.58 bits per heavy atom. The maximum absolute atomic E-state index is 12.9. The molecular formula is C19H29N3O4. The zero-order chi connectivity index (χ0) is 18.9. The summed E-state index contributed by atoms with van der Waals surface area (Å²) in [5.74, 6) is -0.605. The third-order valence-electron chi connectivity index (χ3n) is 6.07. The summed E-state index contributed by atoms with van der Waals surface area (Å²) < 4.78 is 5.66. The summed E-state index contributed by atoms with van der Waals surface area (Å²) in [6.07, 6.45) is 3.19. The molecule has 3 heterocycles. The van der Waals surface area contributed by atoms with Crippen LogP contribution in [0, 0.1) is 0 Å². The Morgan fingerprint density at radius 1 is 1.27 bits per heavy atom. The topological polar surface area (TPSA) is 79.0 Å². The molecule has 7 nitrogen and oxygen atoms in total. The van der Waals surface area contributed by atoms with Crippen LogP contribution >= 0.6 is 0 Å². The van der Waals surface area contributed by atoms with E-state index in [1.165, 1.54) is 6.92 Å². The van der Waals surface area contributed by atoms with Crippen LogP contribution < -0.4 is 5.32 Å². The fraction of sp³-hybridized carbons (Fsp3) is 0.737. The number of amides is 2. The van der Waals surface area contributed by atoms with Crippen molar-refractivity contribution >= 4 is 17.8 Å². The van der Waals surface area contributed by atoms with Gasteiger partial charge in [0.05, 0.1) is 5.57 Å². The highest BCUT2D eigenvalue weighted by Gasteiger charge is 2.51. The van der Waals surface area contributed by atoms with Gasteiger partial charge in [-0.25, -0.2) is 4.79 Å². The first-order chi connectivity index (χ1) is 12.4. The predicted octanol–water partition coefficient (Wildman–Crippen LogP) is 0.841. The van der Waals surface area contributed by atoms with Crippen molar-refractivity contribution < 1.29 is 19.1 Å². The molecule has 1 spiro atoms. The van der Waals surface area contributed by atoms with Crippen LogP contribution in [-0.2, 0) is 19.1 Å². The van der Waals surface area contributed by atoms with Crippen molar-refractivity contribution in [2.24, 2.45) is 0 Å². The second-order valence-electron chi connectivity index (χ2n) is 7.52. The van der Waals surface area contributed by atoms with Crippen molar-refractivity contribution in [3.63, 3.8) is 0 Å². The van der Waals surface area contributed by atoms with E-state index >= 15 is 0 Å². The molecule has 2 amide bonds. The van der Waals surface area contributed by atoms with Crippen LogP contribution in [0.3, 0.4) is 0 Å². The Hall–Kier alpha value is -1.89. The lowest BCUT2D eigenvalue weighted by Gasteiger charge is -2.39. The molecule has 3 rings (SSSR count). The smallest absolute Gasteiger partial charge is 0.335 e. The molecule has 26 heavy (non-hydrogen) atoms. The number of likely N-dealkylation sites (N-methyl/N-ethyl adjacent to an activating group) is 1. The number of carbonyl (C=O) groups excluding carboxylic acids is 3. The van der Waals surface area contributed by atoms with Gasteiger partial charge >= 0.3 is 5.97 Å². The van der Waals surface area contributed by atoms with Gasteiger partial charge in [0.1, 0.15) is 5.60 Å². The highest BCUT2D eigenvalue weighted by molar-refractivity contribution is 6.07. The summed E-state index contributed by atoms with van der Waals surface area (Å²) in [6.45, 7) is 8.98. The van der Waals surface area contributed by atoms with Gasteiger partial charge in [0.15, 0.2) is 0 Å². The first-order valence-corrected chi connectivity index (χ1v) is 9.60. The second kappa shape index (κ2) is 7.39. The van der Waals surface area contributed by atoms with Gasteiger partial charge in [0.25, 0.3) is 5.91 Å². The van der Waals surface area contributed by atoms with E-state index in [9.17, 15) is 14.4 Å². The largest absolute Gasteiger partial charge is 0.450 e. The zero-order valence-electron chi connectivity index (χ0n) is 16.0. The van der Waals surface area contributed by atoms with Crippen LogP contribution in [0.5, 0.6) is 0 Å². The molecule has 3 aliphatic rings. The second-order valence-corrected chi connectivity index (χ2v) is 7.52. The number of likely N-dealkylation sites (tertiary alicyclic amines) is 2. The highest BCUT2D eigenvalue weighted by Crippen LogP contribution is 2.41. The molecule has 1 atom stereocenters. The molecule has 0 aromatic rings. The fourth-order valence-corrected chi connectivity index (χ4v) is 4.50. The number of hydrogen-bond acceptors (Lipinski definition) is 5. The van der Waals surface area contributed by atoms with E-state index < -0.39 is 11.6 Å². The Balaban J connectivity index is 1.70. The molecule has 144 valence electrons. The molecular weight excluding hydrogens is 334 g/mol. The first-order valence-electron chi connectivity index (χ1n) is 9.60. The van der Waals surface area contributed by atoms with Gasteiger partial charge in [-0.15, -0.1) is 0 Å². The third-order valence-corrected chi connectivity index (χ3v) is 6.07. The van der Waals surface area contributed by atoms with E-state index in [0.717, 1.165) is 25.9 Å². The van der Waals surface area contributed by atoms with Gasteiger partial charge in [0, 0.05) is 51.0 Å². The predicted molar refractivity (Wildman–Crippen MR) is 96.3 cm³/mol. The molecule has 2 saturated heterocycles. The minimum absolute atomic E-state index is 0.0109. The molecule has 0 bridgehead atoms. The van der Waals surface area contributed by atoms with Crippen molar-refractivity contribution in [1.29, 1.82) is 0 Å². The van der Waals surface area contributed by atoms with Gasteiger partial charge in [-0.2, -0.15) is 0 Å². The van der Waals surface area contributed by atoms with E-state index in [4.69, 9.17) is 4.74 Å². The van der Waals surface area contributed by atoms with E-state index in [0.29, 0.717) is 49.7 Å². The molecule has 0 unspecified atom stereocenters. The average Bonchev–Trinajstić information content (AvgIpc) is 3.16. The molecule has 0 saturated carbocycles. The summed E-state index contributed by atoms with van der Waals surface area (Å²) >= 11 is 0. The summed E-state index contributed by atoms with van der Waals surface area (Å²) in [4.78, 5) is 40.8. The standard InChI is InChI=1S/C19H29N3O4/c1-4-21-9-5-6-15(21)12-20-17(24)16-13(2)18(25)26-19(16)7-10-22(11-8-19)14(3)23/h15H,4-12H2,1-3H3,(H,20,24)/t15-/m0/s1. The molecule has 1 N–H and O–H groups in total. The molecule has 2 fully saturated rings. The summed E-state index contributed by atoms with van der Waals surface area (Å²) in [5.41, 5.74) is -0.0126. The molecule has 3 aliphatic heterocycles. The lowest BCUT2D eigenvalue weighted by Crippen LogP contribution is -2.50. The molecule has 7 heteroatoms. The highest BCUT2D eigenvalue weighted by atomic mass is 16.6. The quantitative estimate of drug-likeness (QED) is 0.749. The van der Waals surface area contributed by atoms with Gasteiger partial charge < -0.3 is 15.0 Å². The normalized spacial score (nSPS) is 25.7.